The third kappa shape index (κ3) is 5.89. The molecule has 0 aromatic heterocycles. The SMILES string of the molecule is COCC(O)CCNC(=O)Oc1ccccc1. The Hall–Kier alpha value is -1.59. The number of nitrogens with one attached hydrogen (secondary N) is 1. The van der Waals surface area contributed by atoms with E-state index in [9.17, 15) is 9.90 Å². The topological polar surface area (TPSA) is 67.8 Å². The van der Waals surface area contributed by atoms with Gasteiger partial charge in [0.1, 0.15) is 5.75 Å². The molecule has 0 saturated heterocycles. The minimum atomic E-state index is -0.572. The highest BCUT2D eigenvalue weighted by Gasteiger charge is 2.06. The van der Waals surface area contributed by atoms with Crippen molar-refractivity contribution in [3.05, 3.63) is 30.3 Å². The van der Waals surface area contributed by atoms with Gasteiger partial charge in [0.15, 0.2) is 0 Å². The molecule has 0 aliphatic rings. The van der Waals surface area contributed by atoms with Gasteiger partial charge in [0.05, 0.1) is 12.7 Å². The molecule has 0 saturated carbocycles. The van der Waals surface area contributed by atoms with Crippen molar-refractivity contribution >= 4 is 6.09 Å². The van der Waals surface area contributed by atoms with Crippen LogP contribution in [0.2, 0.25) is 0 Å². The number of amides is 1. The van der Waals surface area contributed by atoms with Crippen LogP contribution in [-0.2, 0) is 4.74 Å². The number of aliphatic hydroxyl groups is 1. The van der Waals surface area contributed by atoms with Crippen molar-refractivity contribution in [2.45, 2.75) is 12.5 Å². The maximum Gasteiger partial charge on any atom is 0.412 e. The van der Waals surface area contributed by atoms with Crippen LogP contribution >= 0.6 is 0 Å². The van der Waals surface area contributed by atoms with Gasteiger partial charge in [0.2, 0.25) is 0 Å². The van der Waals surface area contributed by atoms with Crippen LogP contribution in [0.1, 0.15) is 6.42 Å². The lowest BCUT2D eigenvalue weighted by molar-refractivity contribution is 0.0595. The average molecular weight is 239 g/mol. The molecule has 17 heavy (non-hydrogen) atoms. The molecule has 1 aromatic carbocycles. The van der Waals surface area contributed by atoms with Crippen LogP contribution in [0.15, 0.2) is 30.3 Å². The lowest BCUT2D eigenvalue weighted by Crippen LogP contribution is -2.30. The van der Waals surface area contributed by atoms with Crippen LogP contribution in [0.3, 0.4) is 0 Å². The number of para-hydroxylation sites is 1. The zero-order valence-electron chi connectivity index (χ0n) is 9.76. The number of aliphatic hydroxyl groups excluding tert-OH is 1. The van der Waals surface area contributed by atoms with Crippen molar-refractivity contribution in [1.29, 1.82) is 0 Å². The summed E-state index contributed by atoms with van der Waals surface area (Å²) in [5.41, 5.74) is 0. The normalized spacial score (nSPS) is 11.9. The molecular formula is C12H17NO4. The van der Waals surface area contributed by atoms with E-state index < -0.39 is 12.2 Å². The average Bonchev–Trinajstić information content (AvgIpc) is 2.30. The van der Waals surface area contributed by atoms with Gasteiger partial charge in [-0.3, -0.25) is 0 Å². The van der Waals surface area contributed by atoms with Crippen LogP contribution < -0.4 is 10.1 Å². The predicted molar refractivity (Wildman–Crippen MR) is 63.0 cm³/mol. The smallest absolute Gasteiger partial charge is 0.410 e. The van der Waals surface area contributed by atoms with E-state index in [4.69, 9.17) is 9.47 Å². The summed E-state index contributed by atoms with van der Waals surface area (Å²) >= 11 is 0. The second-order valence-corrected chi connectivity index (χ2v) is 3.53. The third-order valence-electron chi connectivity index (χ3n) is 2.06. The minimum absolute atomic E-state index is 0.259. The standard InChI is InChI=1S/C12H17NO4/c1-16-9-10(14)7-8-13-12(15)17-11-5-3-2-4-6-11/h2-6,10,14H,7-9H2,1H3,(H,13,15). The number of ether oxygens (including phenoxy) is 2. The number of methoxy groups -OCH3 is 1. The third-order valence-corrected chi connectivity index (χ3v) is 2.06. The fourth-order valence-electron chi connectivity index (χ4n) is 1.25. The lowest BCUT2D eigenvalue weighted by atomic mass is 10.3. The van der Waals surface area contributed by atoms with Gasteiger partial charge in [0.25, 0.3) is 0 Å². The lowest BCUT2D eigenvalue weighted by Gasteiger charge is -2.10. The number of benzene rings is 1. The molecule has 5 nitrogen and oxygen atoms in total. The maximum absolute atomic E-state index is 11.3. The molecule has 0 heterocycles. The first kappa shape index (κ1) is 13.5. The molecule has 0 aliphatic heterocycles. The van der Waals surface area contributed by atoms with Gasteiger partial charge in [-0.15, -0.1) is 0 Å². The van der Waals surface area contributed by atoms with E-state index in [1.54, 1.807) is 24.3 Å². The Balaban J connectivity index is 2.18. The van der Waals surface area contributed by atoms with Crippen molar-refractivity contribution in [3.8, 4) is 5.75 Å². The summed E-state index contributed by atoms with van der Waals surface area (Å²) < 4.78 is 9.76. The van der Waals surface area contributed by atoms with Crippen LogP contribution in [0.25, 0.3) is 0 Å². The molecule has 94 valence electrons. The summed E-state index contributed by atoms with van der Waals surface area (Å²) in [4.78, 5) is 11.3. The van der Waals surface area contributed by atoms with Gasteiger partial charge in [-0.1, -0.05) is 18.2 Å². The second-order valence-electron chi connectivity index (χ2n) is 3.53. The van der Waals surface area contributed by atoms with Gasteiger partial charge >= 0.3 is 6.09 Å². The Kier molecular flexibility index (Phi) is 6.06. The van der Waals surface area contributed by atoms with Crippen LogP contribution in [0, 0.1) is 0 Å². The first-order chi connectivity index (χ1) is 8.22. The second kappa shape index (κ2) is 7.65. The fraction of sp³-hybridized carbons (Fsp3) is 0.417. The molecule has 0 spiro atoms. The highest BCUT2D eigenvalue weighted by Crippen LogP contribution is 2.07. The molecule has 1 amide bonds. The Morgan fingerprint density at radius 2 is 2.12 bits per heavy atom. The van der Waals surface area contributed by atoms with Crippen molar-refractivity contribution in [3.63, 3.8) is 0 Å². The van der Waals surface area contributed by atoms with Crippen molar-refractivity contribution in [2.24, 2.45) is 0 Å². The summed E-state index contributed by atoms with van der Waals surface area (Å²) in [6, 6.07) is 8.79. The van der Waals surface area contributed by atoms with E-state index in [2.05, 4.69) is 5.32 Å². The Bertz CT molecular complexity index is 329. The first-order valence-corrected chi connectivity index (χ1v) is 5.40. The molecule has 0 radical (unpaired) electrons. The minimum Gasteiger partial charge on any atom is -0.410 e. The maximum atomic E-state index is 11.3. The van der Waals surface area contributed by atoms with E-state index in [-0.39, 0.29) is 6.61 Å². The fourth-order valence-corrected chi connectivity index (χ4v) is 1.25. The zero-order valence-corrected chi connectivity index (χ0v) is 9.76. The molecule has 0 bridgehead atoms. The number of carbonyl (C=O) groups excluding carboxylic acids is 1. The number of hydrogen-bond donors (Lipinski definition) is 2. The highest BCUT2D eigenvalue weighted by molar-refractivity contribution is 5.70. The molecule has 1 unspecified atom stereocenters. The molecule has 1 atom stereocenters. The summed E-state index contributed by atoms with van der Waals surface area (Å²) in [5.74, 6) is 0.488. The van der Waals surface area contributed by atoms with E-state index in [0.717, 1.165) is 0 Å². The molecular weight excluding hydrogens is 222 g/mol. The van der Waals surface area contributed by atoms with E-state index >= 15 is 0 Å². The molecule has 1 aromatic rings. The van der Waals surface area contributed by atoms with Gasteiger partial charge in [-0.2, -0.15) is 0 Å². The molecule has 0 aliphatic carbocycles. The summed E-state index contributed by atoms with van der Waals surface area (Å²) in [6.07, 6.45) is -0.671. The Morgan fingerprint density at radius 3 is 2.76 bits per heavy atom. The quantitative estimate of drug-likeness (QED) is 0.782. The number of hydrogen-bond acceptors (Lipinski definition) is 4. The Morgan fingerprint density at radius 1 is 1.41 bits per heavy atom. The van der Waals surface area contributed by atoms with E-state index in [1.807, 2.05) is 6.07 Å². The van der Waals surface area contributed by atoms with Gasteiger partial charge in [-0.25, -0.2) is 4.79 Å². The van der Waals surface area contributed by atoms with Crippen molar-refractivity contribution < 1.29 is 19.4 Å². The van der Waals surface area contributed by atoms with Crippen LogP contribution in [-0.4, -0.2) is 37.6 Å². The number of carbonyl (C=O) groups is 1. The Labute approximate surface area is 100 Å². The highest BCUT2D eigenvalue weighted by atomic mass is 16.6. The van der Waals surface area contributed by atoms with E-state index in [1.165, 1.54) is 7.11 Å². The van der Waals surface area contributed by atoms with E-state index in [0.29, 0.717) is 18.7 Å². The van der Waals surface area contributed by atoms with Crippen LogP contribution in [0.4, 0.5) is 4.79 Å². The van der Waals surface area contributed by atoms with Crippen molar-refractivity contribution in [1.82, 2.24) is 5.32 Å². The zero-order chi connectivity index (χ0) is 12.5. The predicted octanol–water partition coefficient (Wildman–Crippen LogP) is 1.17. The summed E-state index contributed by atoms with van der Waals surface area (Å²) in [6.45, 7) is 0.603. The molecule has 1 rings (SSSR count). The number of rotatable bonds is 6. The summed E-state index contributed by atoms with van der Waals surface area (Å²) in [7, 11) is 1.51. The van der Waals surface area contributed by atoms with Gasteiger partial charge in [0, 0.05) is 13.7 Å². The molecule has 5 heteroatoms. The first-order valence-electron chi connectivity index (χ1n) is 5.40. The molecule has 0 fully saturated rings. The van der Waals surface area contributed by atoms with Crippen molar-refractivity contribution in [2.75, 3.05) is 20.3 Å². The monoisotopic (exact) mass is 239 g/mol. The molecule has 2 N–H and O–H groups in total. The van der Waals surface area contributed by atoms with Gasteiger partial charge < -0.3 is 19.9 Å². The van der Waals surface area contributed by atoms with Crippen LogP contribution in [0.5, 0.6) is 5.75 Å². The van der Waals surface area contributed by atoms with Gasteiger partial charge in [-0.05, 0) is 18.6 Å². The summed E-state index contributed by atoms with van der Waals surface area (Å²) in [5, 5.41) is 11.9. The largest absolute Gasteiger partial charge is 0.412 e.